The van der Waals surface area contributed by atoms with Gasteiger partial charge >= 0.3 is 0 Å². The van der Waals surface area contributed by atoms with Crippen molar-refractivity contribution in [2.24, 2.45) is 5.73 Å². The summed E-state index contributed by atoms with van der Waals surface area (Å²) in [5, 5.41) is 9.34. The van der Waals surface area contributed by atoms with Crippen molar-refractivity contribution < 1.29 is 9.50 Å². The third kappa shape index (κ3) is 1.89. The summed E-state index contributed by atoms with van der Waals surface area (Å²) in [5.74, 6) is -0.759. The van der Waals surface area contributed by atoms with E-state index in [1.165, 1.54) is 6.07 Å². The number of hydrogen-bond acceptors (Lipinski definition) is 3. The van der Waals surface area contributed by atoms with Crippen LogP contribution >= 0.6 is 0 Å². The lowest BCUT2D eigenvalue weighted by molar-refractivity contribution is 0.454. The standard InChI is InChI=1S/C9H13FN2O/c1-2-7(11)5-3-8(12)6(10)4-9(5)13/h3-4,7,13H,2,11-12H2,1H3/t7-/m1/s1. The molecule has 4 heteroatoms. The third-order valence-electron chi connectivity index (χ3n) is 1.99. The molecule has 0 saturated heterocycles. The van der Waals surface area contributed by atoms with Gasteiger partial charge in [-0.1, -0.05) is 6.92 Å². The van der Waals surface area contributed by atoms with Gasteiger partial charge in [0.1, 0.15) is 11.6 Å². The summed E-state index contributed by atoms with van der Waals surface area (Å²) in [5.41, 5.74) is 11.5. The van der Waals surface area contributed by atoms with Gasteiger partial charge in [-0.15, -0.1) is 0 Å². The van der Waals surface area contributed by atoms with Crippen LogP contribution in [0.1, 0.15) is 24.9 Å². The van der Waals surface area contributed by atoms with Crippen LogP contribution in [0.5, 0.6) is 5.75 Å². The lowest BCUT2D eigenvalue weighted by atomic mass is 10.0. The summed E-state index contributed by atoms with van der Waals surface area (Å²) in [6.45, 7) is 1.88. The number of rotatable bonds is 2. The number of aromatic hydroxyl groups is 1. The van der Waals surface area contributed by atoms with Crippen LogP contribution in [0.3, 0.4) is 0 Å². The van der Waals surface area contributed by atoms with Gasteiger partial charge in [-0.05, 0) is 12.5 Å². The Hall–Kier alpha value is -1.29. The van der Waals surface area contributed by atoms with Crippen molar-refractivity contribution in [1.29, 1.82) is 0 Å². The van der Waals surface area contributed by atoms with Crippen LogP contribution in [0.25, 0.3) is 0 Å². The van der Waals surface area contributed by atoms with Gasteiger partial charge in [0.25, 0.3) is 0 Å². The number of phenols is 1. The molecular weight excluding hydrogens is 171 g/mol. The molecule has 0 spiro atoms. The molecule has 5 N–H and O–H groups in total. The molecule has 1 rings (SSSR count). The minimum absolute atomic E-state index is 0.0108. The van der Waals surface area contributed by atoms with E-state index in [9.17, 15) is 9.50 Å². The molecule has 1 aromatic carbocycles. The lowest BCUT2D eigenvalue weighted by Crippen LogP contribution is -2.09. The van der Waals surface area contributed by atoms with Gasteiger partial charge in [-0.2, -0.15) is 0 Å². The van der Waals surface area contributed by atoms with Gasteiger partial charge in [0.05, 0.1) is 5.69 Å². The molecule has 0 unspecified atom stereocenters. The Labute approximate surface area is 76.2 Å². The van der Waals surface area contributed by atoms with Crippen molar-refractivity contribution in [3.05, 3.63) is 23.5 Å². The number of halogens is 1. The second-order valence-corrected chi connectivity index (χ2v) is 2.95. The molecular formula is C9H13FN2O. The Morgan fingerprint density at radius 3 is 2.69 bits per heavy atom. The number of benzene rings is 1. The zero-order valence-corrected chi connectivity index (χ0v) is 7.42. The van der Waals surface area contributed by atoms with Crippen LogP contribution in [0, 0.1) is 5.82 Å². The van der Waals surface area contributed by atoms with Crippen molar-refractivity contribution in [2.75, 3.05) is 5.73 Å². The molecule has 0 fully saturated rings. The maximum absolute atomic E-state index is 12.8. The predicted octanol–water partition coefficient (Wildman–Crippen LogP) is 1.52. The molecule has 72 valence electrons. The highest BCUT2D eigenvalue weighted by Crippen LogP contribution is 2.28. The van der Waals surface area contributed by atoms with E-state index in [1.54, 1.807) is 0 Å². The Bertz CT molecular complexity index is 315. The first-order valence-corrected chi connectivity index (χ1v) is 4.09. The van der Waals surface area contributed by atoms with Crippen molar-refractivity contribution in [3.8, 4) is 5.75 Å². The summed E-state index contributed by atoms with van der Waals surface area (Å²) in [4.78, 5) is 0. The number of hydrogen-bond donors (Lipinski definition) is 3. The molecule has 1 aromatic rings. The van der Waals surface area contributed by atoms with Crippen LogP contribution in [0.15, 0.2) is 12.1 Å². The molecule has 0 aromatic heterocycles. The highest BCUT2D eigenvalue weighted by molar-refractivity contribution is 5.49. The summed E-state index contributed by atoms with van der Waals surface area (Å²) in [7, 11) is 0. The Morgan fingerprint density at radius 2 is 2.15 bits per heavy atom. The van der Waals surface area contributed by atoms with E-state index in [1.807, 2.05) is 6.92 Å². The number of nitrogen functional groups attached to an aromatic ring is 1. The summed E-state index contributed by atoms with van der Waals surface area (Å²) < 4.78 is 12.8. The highest BCUT2D eigenvalue weighted by Gasteiger charge is 2.11. The quantitative estimate of drug-likeness (QED) is 0.482. The van der Waals surface area contributed by atoms with Gasteiger partial charge in [0, 0.05) is 17.7 Å². The summed E-state index contributed by atoms with van der Waals surface area (Å²) in [6.07, 6.45) is 0.665. The number of nitrogens with two attached hydrogens (primary N) is 2. The zero-order valence-electron chi connectivity index (χ0n) is 7.42. The highest BCUT2D eigenvalue weighted by atomic mass is 19.1. The van der Waals surface area contributed by atoms with Gasteiger partial charge in [0.2, 0.25) is 0 Å². The van der Waals surface area contributed by atoms with Crippen molar-refractivity contribution in [2.45, 2.75) is 19.4 Å². The minimum atomic E-state index is -0.621. The van der Waals surface area contributed by atoms with Gasteiger partial charge in [0.15, 0.2) is 0 Å². The largest absolute Gasteiger partial charge is 0.507 e. The number of phenolic OH excluding ortho intramolecular Hbond substituents is 1. The van der Waals surface area contributed by atoms with Crippen LogP contribution < -0.4 is 11.5 Å². The van der Waals surface area contributed by atoms with Crippen LogP contribution in [-0.4, -0.2) is 5.11 Å². The second-order valence-electron chi connectivity index (χ2n) is 2.95. The molecule has 3 nitrogen and oxygen atoms in total. The van der Waals surface area contributed by atoms with E-state index in [2.05, 4.69) is 0 Å². The van der Waals surface area contributed by atoms with Crippen molar-refractivity contribution >= 4 is 5.69 Å². The Morgan fingerprint density at radius 1 is 1.54 bits per heavy atom. The molecule has 0 radical (unpaired) electrons. The van der Waals surface area contributed by atoms with Gasteiger partial charge in [-0.25, -0.2) is 4.39 Å². The Kier molecular flexibility index (Phi) is 2.72. The fourth-order valence-corrected chi connectivity index (χ4v) is 1.11. The van der Waals surface area contributed by atoms with Crippen LogP contribution in [0.2, 0.25) is 0 Å². The molecule has 0 heterocycles. The molecule has 0 aliphatic carbocycles. The fourth-order valence-electron chi connectivity index (χ4n) is 1.11. The minimum Gasteiger partial charge on any atom is -0.507 e. The van der Waals surface area contributed by atoms with E-state index >= 15 is 0 Å². The molecule has 0 bridgehead atoms. The monoisotopic (exact) mass is 184 g/mol. The van der Waals surface area contributed by atoms with Gasteiger partial charge in [-0.3, -0.25) is 0 Å². The molecule has 0 amide bonds. The summed E-state index contributed by atoms with van der Waals surface area (Å²) >= 11 is 0. The molecule has 0 aliphatic rings. The lowest BCUT2D eigenvalue weighted by Gasteiger charge is -2.12. The molecule has 13 heavy (non-hydrogen) atoms. The third-order valence-corrected chi connectivity index (χ3v) is 1.99. The van der Waals surface area contributed by atoms with E-state index in [0.29, 0.717) is 12.0 Å². The first-order valence-electron chi connectivity index (χ1n) is 4.09. The summed E-state index contributed by atoms with van der Waals surface area (Å²) in [6, 6.07) is 2.06. The van der Waals surface area contributed by atoms with Crippen LogP contribution in [0.4, 0.5) is 10.1 Å². The van der Waals surface area contributed by atoms with Crippen molar-refractivity contribution in [1.82, 2.24) is 0 Å². The second kappa shape index (κ2) is 3.62. The maximum Gasteiger partial charge on any atom is 0.149 e. The molecule has 0 saturated carbocycles. The van der Waals surface area contributed by atoms with Gasteiger partial charge < -0.3 is 16.6 Å². The van der Waals surface area contributed by atoms with E-state index in [-0.39, 0.29) is 17.5 Å². The predicted molar refractivity (Wildman–Crippen MR) is 49.7 cm³/mol. The first kappa shape index (κ1) is 9.80. The van der Waals surface area contributed by atoms with E-state index in [4.69, 9.17) is 11.5 Å². The fraction of sp³-hybridized carbons (Fsp3) is 0.333. The average Bonchev–Trinajstić information content (AvgIpc) is 2.10. The average molecular weight is 184 g/mol. The topological polar surface area (TPSA) is 72.3 Å². The van der Waals surface area contributed by atoms with Crippen molar-refractivity contribution in [3.63, 3.8) is 0 Å². The normalized spacial score (nSPS) is 12.8. The molecule has 0 aliphatic heterocycles. The SMILES string of the molecule is CC[C@@H](N)c1cc(N)c(F)cc1O. The Balaban J connectivity index is 3.15. The van der Waals surface area contributed by atoms with Crippen LogP contribution in [-0.2, 0) is 0 Å². The van der Waals surface area contributed by atoms with E-state index < -0.39 is 5.82 Å². The smallest absolute Gasteiger partial charge is 0.149 e. The zero-order chi connectivity index (χ0) is 10.0. The maximum atomic E-state index is 12.8. The molecule has 1 atom stereocenters. The van der Waals surface area contributed by atoms with E-state index in [0.717, 1.165) is 6.07 Å². The first-order chi connectivity index (χ1) is 6.06. The number of anilines is 1.